The first kappa shape index (κ1) is 18.2. The number of aromatic nitrogens is 1. The lowest BCUT2D eigenvalue weighted by atomic mass is 10.2. The zero-order valence-electron chi connectivity index (χ0n) is 15.4. The van der Waals surface area contributed by atoms with Crippen molar-refractivity contribution >= 4 is 23.1 Å². The van der Waals surface area contributed by atoms with Crippen molar-refractivity contribution in [3.05, 3.63) is 48.2 Å². The Labute approximate surface area is 154 Å². The Hall–Kier alpha value is -2.60. The van der Waals surface area contributed by atoms with Crippen molar-refractivity contribution in [3.63, 3.8) is 0 Å². The summed E-state index contributed by atoms with van der Waals surface area (Å²) in [6.45, 7) is 8.73. The number of ether oxygens (including phenoxy) is 1. The zero-order chi connectivity index (χ0) is 18.4. The molecule has 1 aliphatic rings. The first-order valence-electron chi connectivity index (χ1n) is 9.16. The van der Waals surface area contributed by atoms with Crippen LogP contribution in [0.5, 0.6) is 0 Å². The molecule has 0 bridgehead atoms. The van der Waals surface area contributed by atoms with Crippen molar-refractivity contribution < 1.29 is 9.53 Å². The fraction of sp³-hybridized carbons (Fsp3) is 0.400. The minimum Gasteiger partial charge on any atom is -0.378 e. The molecule has 0 radical (unpaired) electrons. The monoisotopic (exact) mass is 354 g/mol. The molecule has 26 heavy (non-hydrogen) atoms. The summed E-state index contributed by atoms with van der Waals surface area (Å²) in [5.74, 6) is 0.690. The molecule has 1 saturated heterocycles. The smallest absolute Gasteiger partial charge is 0.254 e. The number of nitrogens with zero attached hydrogens (tertiary/aromatic N) is 3. The molecule has 0 aliphatic carbocycles. The van der Waals surface area contributed by atoms with E-state index in [0.717, 1.165) is 18.8 Å². The normalized spacial score (nSPS) is 14.2. The summed E-state index contributed by atoms with van der Waals surface area (Å²) in [5.41, 5.74) is 2.79. The predicted molar refractivity (Wildman–Crippen MR) is 104 cm³/mol. The highest BCUT2D eigenvalue weighted by Crippen LogP contribution is 2.21. The molecule has 1 N–H and O–H groups in total. The Morgan fingerprint density at radius 3 is 2.50 bits per heavy atom. The molecule has 0 saturated carbocycles. The highest BCUT2D eigenvalue weighted by Gasteiger charge is 2.18. The molecular formula is C20H26N4O2. The molecule has 0 atom stereocenters. The van der Waals surface area contributed by atoms with Crippen LogP contribution in [-0.4, -0.2) is 55.2 Å². The Bertz CT molecular complexity index is 723. The molecule has 1 amide bonds. The van der Waals surface area contributed by atoms with Gasteiger partial charge in [-0.1, -0.05) is 0 Å². The Morgan fingerprint density at radius 1 is 1.15 bits per heavy atom. The van der Waals surface area contributed by atoms with Gasteiger partial charge < -0.3 is 19.9 Å². The summed E-state index contributed by atoms with van der Waals surface area (Å²) >= 11 is 0. The van der Waals surface area contributed by atoms with Gasteiger partial charge in [-0.3, -0.25) is 4.79 Å². The number of amides is 1. The number of anilines is 3. The number of pyridine rings is 1. The van der Waals surface area contributed by atoms with Gasteiger partial charge in [0.25, 0.3) is 5.91 Å². The molecular weight excluding hydrogens is 328 g/mol. The third kappa shape index (κ3) is 4.32. The summed E-state index contributed by atoms with van der Waals surface area (Å²) in [5, 5.41) is 3.28. The predicted octanol–water partition coefficient (Wildman–Crippen LogP) is 3.14. The van der Waals surface area contributed by atoms with Gasteiger partial charge in [0.2, 0.25) is 0 Å². The van der Waals surface area contributed by atoms with Crippen molar-refractivity contribution in [2.24, 2.45) is 0 Å². The number of hydrogen-bond acceptors (Lipinski definition) is 5. The minimum atomic E-state index is 0.0237. The van der Waals surface area contributed by atoms with Gasteiger partial charge in [0, 0.05) is 49.3 Å². The number of carbonyl (C=O) groups is 1. The van der Waals surface area contributed by atoms with E-state index in [9.17, 15) is 4.79 Å². The van der Waals surface area contributed by atoms with Crippen molar-refractivity contribution in [1.29, 1.82) is 0 Å². The van der Waals surface area contributed by atoms with Gasteiger partial charge in [0.15, 0.2) is 0 Å². The number of rotatable bonds is 6. The molecule has 1 aromatic carbocycles. The SMILES string of the molecule is CCN(CC)c1ccc(Nc2cc(C(=O)N3CCOCC3)ccn2)cc1. The van der Waals surface area contributed by atoms with Gasteiger partial charge in [-0.25, -0.2) is 4.98 Å². The van der Waals surface area contributed by atoms with Crippen LogP contribution in [0.1, 0.15) is 24.2 Å². The second-order valence-corrected chi connectivity index (χ2v) is 6.18. The fourth-order valence-electron chi connectivity index (χ4n) is 3.07. The Morgan fingerprint density at radius 2 is 1.85 bits per heavy atom. The van der Waals surface area contributed by atoms with Crippen LogP contribution in [0.4, 0.5) is 17.2 Å². The molecule has 2 heterocycles. The van der Waals surface area contributed by atoms with Crippen LogP contribution < -0.4 is 10.2 Å². The van der Waals surface area contributed by atoms with Gasteiger partial charge >= 0.3 is 0 Å². The molecule has 138 valence electrons. The van der Waals surface area contributed by atoms with Crippen LogP contribution in [0, 0.1) is 0 Å². The summed E-state index contributed by atoms with van der Waals surface area (Å²) in [7, 11) is 0. The van der Waals surface area contributed by atoms with Crippen LogP contribution in [0.2, 0.25) is 0 Å². The topological polar surface area (TPSA) is 57.7 Å². The molecule has 2 aromatic rings. The van der Waals surface area contributed by atoms with E-state index in [2.05, 4.69) is 41.2 Å². The van der Waals surface area contributed by atoms with E-state index in [0.29, 0.717) is 37.7 Å². The molecule has 6 heteroatoms. The highest BCUT2D eigenvalue weighted by atomic mass is 16.5. The van der Waals surface area contributed by atoms with Crippen LogP contribution in [0.15, 0.2) is 42.6 Å². The van der Waals surface area contributed by atoms with Crippen LogP contribution in [-0.2, 0) is 4.74 Å². The maximum Gasteiger partial charge on any atom is 0.254 e. The summed E-state index contributed by atoms with van der Waals surface area (Å²) < 4.78 is 5.31. The lowest BCUT2D eigenvalue weighted by Gasteiger charge is -2.26. The fourth-order valence-corrected chi connectivity index (χ4v) is 3.07. The average molecular weight is 354 g/mol. The van der Waals surface area contributed by atoms with Crippen molar-refractivity contribution in [1.82, 2.24) is 9.88 Å². The molecule has 6 nitrogen and oxygen atoms in total. The quantitative estimate of drug-likeness (QED) is 0.864. The van der Waals surface area contributed by atoms with E-state index in [-0.39, 0.29) is 5.91 Å². The first-order chi connectivity index (χ1) is 12.7. The number of benzene rings is 1. The number of carbonyl (C=O) groups excluding carboxylic acids is 1. The number of hydrogen-bond donors (Lipinski definition) is 1. The third-order valence-corrected chi connectivity index (χ3v) is 4.57. The summed E-state index contributed by atoms with van der Waals surface area (Å²) in [6, 6.07) is 11.8. The van der Waals surface area contributed by atoms with Crippen LogP contribution in [0.3, 0.4) is 0 Å². The minimum absolute atomic E-state index is 0.0237. The lowest BCUT2D eigenvalue weighted by molar-refractivity contribution is 0.0303. The summed E-state index contributed by atoms with van der Waals surface area (Å²) in [6.07, 6.45) is 1.67. The molecule has 3 rings (SSSR count). The first-order valence-corrected chi connectivity index (χ1v) is 9.16. The van der Waals surface area contributed by atoms with E-state index in [1.165, 1.54) is 5.69 Å². The zero-order valence-corrected chi connectivity index (χ0v) is 15.4. The van der Waals surface area contributed by atoms with Crippen molar-refractivity contribution in [3.8, 4) is 0 Å². The molecule has 0 spiro atoms. The van der Waals surface area contributed by atoms with E-state index < -0.39 is 0 Å². The largest absolute Gasteiger partial charge is 0.378 e. The van der Waals surface area contributed by atoms with E-state index >= 15 is 0 Å². The maximum absolute atomic E-state index is 12.6. The number of morpholine rings is 1. The summed E-state index contributed by atoms with van der Waals surface area (Å²) in [4.78, 5) is 21.1. The average Bonchev–Trinajstić information content (AvgIpc) is 2.70. The second kappa shape index (κ2) is 8.67. The van der Waals surface area contributed by atoms with Gasteiger partial charge in [-0.05, 0) is 50.2 Å². The van der Waals surface area contributed by atoms with E-state index in [1.807, 2.05) is 17.0 Å². The molecule has 0 unspecified atom stereocenters. The maximum atomic E-state index is 12.6. The molecule has 1 aromatic heterocycles. The lowest BCUT2D eigenvalue weighted by Crippen LogP contribution is -2.40. The van der Waals surface area contributed by atoms with E-state index in [4.69, 9.17) is 4.74 Å². The molecule has 1 fully saturated rings. The third-order valence-electron chi connectivity index (χ3n) is 4.57. The molecule has 1 aliphatic heterocycles. The van der Waals surface area contributed by atoms with Crippen LogP contribution in [0.25, 0.3) is 0 Å². The Balaban J connectivity index is 1.69. The van der Waals surface area contributed by atoms with Gasteiger partial charge in [-0.15, -0.1) is 0 Å². The number of nitrogens with one attached hydrogen (secondary N) is 1. The van der Waals surface area contributed by atoms with Crippen molar-refractivity contribution in [2.75, 3.05) is 49.6 Å². The van der Waals surface area contributed by atoms with E-state index in [1.54, 1.807) is 18.3 Å². The van der Waals surface area contributed by atoms with Gasteiger partial charge in [0.1, 0.15) is 5.82 Å². The van der Waals surface area contributed by atoms with Crippen LogP contribution >= 0.6 is 0 Å². The highest BCUT2D eigenvalue weighted by molar-refractivity contribution is 5.95. The Kier molecular flexibility index (Phi) is 6.07. The van der Waals surface area contributed by atoms with Gasteiger partial charge in [0.05, 0.1) is 13.2 Å². The van der Waals surface area contributed by atoms with Gasteiger partial charge in [-0.2, -0.15) is 0 Å². The standard InChI is InChI=1S/C20H26N4O2/c1-3-23(4-2)18-7-5-17(6-8-18)22-19-15-16(9-10-21-19)20(25)24-11-13-26-14-12-24/h5-10,15H,3-4,11-14H2,1-2H3,(H,21,22). The second-order valence-electron chi connectivity index (χ2n) is 6.18. The van der Waals surface area contributed by atoms with Crippen molar-refractivity contribution in [2.45, 2.75) is 13.8 Å².